The highest BCUT2D eigenvalue weighted by Crippen LogP contribution is 2.27. The molecule has 1 saturated heterocycles. The molecular weight excluding hydrogens is 409 g/mol. The largest absolute Gasteiger partial charge is 0.369 e. The van der Waals surface area contributed by atoms with E-state index in [4.69, 9.17) is 23.2 Å². The second-order valence-electron chi connectivity index (χ2n) is 7.02. The number of halogens is 2. The zero-order valence-electron chi connectivity index (χ0n) is 16.0. The van der Waals surface area contributed by atoms with E-state index in [0.29, 0.717) is 21.4 Å². The lowest BCUT2D eigenvalue weighted by Gasteiger charge is -2.34. The Morgan fingerprint density at radius 3 is 2.41 bits per heavy atom. The van der Waals surface area contributed by atoms with Crippen LogP contribution in [0.5, 0.6) is 0 Å². The summed E-state index contributed by atoms with van der Waals surface area (Å²) in [5, 5.41) is 7.83. The Morgan fingerprint density at radius 1 is 1.00 bits per heavy atom. The van der Waals surface area contributed by atoms with Crippen LogP contribution in [0.25, 0.3) is 11.3 Å². The Morgan fingerprint density at radius 2 is 1.72 bits per heavy atom. The first kappa shape index (κ1) is 19.8. The molecule has 1 amide bonds. The van der Waals surface area contributed by atoms with Crippen molar-refractivity contribution in [2.75, 3.05) is 43.4 Å². The van der Waals surface area contributed by atoms with Crippen molar-refractivity contribution in [2.24, 2.45) is 0 Å². The van der Waals surface area contributed by atoms with Gasteiger partial charge in [0.05, 0.1) is 22.6 Å². The van der Waals surface area contributed by atoms with E-state index in [-0.39, 0.29) is 0 Å². The second-order valence-corrected chi connectivity index (χ2v) is 7.86. The number of carbonyl (C=O) groups excluding carboxylic acids is 1. The fourth-order valence-electron chi connectivity index (χ4n) is 3.35. The van der Waals surface area contributed by atoms with Crippen LogP contribution in [0.4, 0.5) is 16.2 Å². The van der Waals surface area contributed by atoms with Crippen LogP contribution in [-0.4, -0.2) is 53.9 Å². The predicted octanol–water partition coefficient (Wildman–Crippen LogP) is 4.69. The van der Waals surface area contributed by atoms with Gasteiger partial charge in [0.25, 0.3) is 0 Å². The van der Waals surface area contributed by atoms with E-state index in [2.05, 4.69) is 39.4 Å². The predicted molar refractivity (Wildman–Crippen MR) is 118 cm³/mol. The van der Waals surface area contributed by atoms with Crippen molar-refractivity contribution in [1.82, 2.24) is 14.7 Å². The van der Waals surface area contributed by atoms with Gasteiger partial charge in [-0.2, -0.15) is 9.78 Å². The zero-order valence-corrected chi connectivity index (χ0v) is 17.5. The molecule has 0 atom stereocenters. The number of anilines is 2. The summed E-state index contributed by atoms with van der Waals surface area (Å²) in [4.78, 5) is 17.4. The fourth-order valence-corrected chi connectivity index (χ4v) is 3.81. The summed E-state index contributed by atoms with van der Waals surface area (Å²) in [6.07, 6.45) is 1.60. The molecule has 0 radical (unpaired) electrons. The van der Waals surface area contributed by atoms with Crippen molar-refractivity contribution in [3.05, 3.63) is 64.8 Å². The second kappa shape index (κ2) is 8.45. The summed E-state index contributed by atoms with van der Waals surface area (Å²) in [6, 6.07) is 14.6. The van der Waals surface area contributed by atoms with Crippen molar-refractivity contribution < 1.29 is 4.79 Å². The summed E-state index contributed by atoms with van der Waals surface area (Å²) in [6.45, 7) is 4.14. The fraction of sp³-hybridized carbons (Fsp3) is 0.238. The standard InChI is InChI=1S/C21H21Cl2N5O/c1-26-10-12-27(13-11-26)17-5-2-15(3-6-17)20-8-9-24-28(20)21(29)25-19-7-4-16(22)14-18(19)23/h2-9,14H,10-13H2,1H3,(H,25,29). The van der Waals surface area contributed by atoms with Gasteiger partial charge in [-0.1, -0.05) is 35.3 Å². The molecule has 1 aliphatic heterocycles. The normalized spacial score (nSPS) is 14.8. The lowest BCUT2D eigenvalue weighted by Crippen LogP contribution is -2.44. The minimum atomic E-state index is -0.391. The molecule has 0 saturated carbocycles. The van der Waals surface area contributed by atoms with Crippen LogP contribution in [0, 0.1) is 0 Å². The van der Waals surface area contributed by atoms with Gasteiger partial charge in [0.2, 0.25) is 0 Å². The molecule has 2 heterocycles. The summed E-state index contributed by atoms with van der Waals surface area (Å²) in [5.74, 6) is 0. The van der Waals surface area contributed by atoms with Gasteiger partial charge in [0.15, 0.2) is 0 Å². The Hall–Kier alpha value is -2.54. The number of hydrogen-bond acceptors (Lipinski definition) is 4. The van der Waals surface area contributed by atoms with Crippen LogP contribution in [0.15, 0.2) is 54.7 Å². The molecular formula is C21H21Cl2N5O. The number of piperazine rings is 1. The van der Waals surface area contributed by atoms with Gasteiger partial charge >= 0.3 is 6.03 Å². The minimum absolute atomic E-state index is 0.371. The van der Waals surface area contributed by atoms with Crippen LogP contribution in [-0.2, 0) is 0 Å². The number of benzene rings is 2. The SMILES string of the molecule is CN1CCN(c2ccc(-c3ccnn3C(=O)Nc3ccc(Cl)cc3Cl)cc2)CC1. The summed E-state index contributed by atoms with van der Waals surface area (Å²) >= 11 is 12.1. The Labute approximate surface area is 179 Å². The highest BCUT2D eigenvalue weighted by Gasteiger charge is 2.16. The Kier molecular flexibility index (Phi) is 5.76. The van der Waals surface area contributed by atoms with Crippen molar-refractivity contribution in [3.8, 4) is 11.3 Å². The maximum atomic E-state index is 12.7. The number of carbonyl (C=O) groups is 1. The summed E-state index contributed by atoms with van der Waals surface area (Å²) in [5.41, 5.74) is 3.29. The van der Waals surface area contributed by atoms with Crippen molar-refractivity contribution in [1.29, 1.82) is 0 Å². The molecule has 1 aromatic heterocycles. The molecule has 0 spiro atoms. The van der Waals surface area contributed by atoms with Crippen molar-refractivity contribution >= 4 is 40.6 Å². The van der Waals surface area contributed by atoms with Gasteiger partial charge in [0, 0.05) is 42.5 Å². The third-order valence-corrected chi connectivity index (χ3v) is 5.59. The number of aromatic nitrogens is 2. The van der Waals surface area contributed by atoms with Gasteiger partial charge in [0.1, 0.15) is 0 Å². The van der Waals surface area contributed by atoms with E-state index in [1.807, 2.05) is 18.2 Å². The Balaban J connectivity index is 1.52. The van der Waals surface area contributed by atoms with Gasteiger partial charge in [-0.15, -0.1) is 0 Å². The van der Waals surface area contributed by atoms with E-state index in [0.717, 1.165) is 31.7 Å². The molecule has 1 N–H and O–H groups in total. The van der Waals surface area contributed by atoms with E-state index >= 15 is 0 Å². The molecule has 150 valence electrons. The average Bonchev–Trinajstić information content (AvgIpc) is 3.21. The number of nitrogens with one attached hydrogen (secondary N) is 1. The molecule has 4 rings (SSSR count). The van der Waals surface area contributed by atoms with Crippen LogP contribution >= 0.6 is 23.2 Å². The lowest BCUT2D eigenvalue weighted by atomic mass is 10.1. The molecule has 3 aromatic rings. The average molecular weight is 430 g/mol. The molecule has 6 nitrogen and oxygen atoms in total. The molecule has 1 fully saturated rings. The number of nitrogens with zero attached hydrogens (tertiary/aromatic N) is 4. The first-order valence-electron chi connectivity index (χ1n) is 9.35. The van der Waals surface area contributed by atoms with E-state index in [9.17, 15) is 4.79 Å². The quantitative estimate of drug-likeness (QED) is 0.655. The number of amides is 1. The topological polar surface area (TPSA) is 53.4 Å². The van der Waals surface area contributed by atoms with E-state index in [1.165, 1.54) is 10.4 Å². The number of hydrogen-bond donors (Lipinski definition) is 1. The third-order valence-electron chi connectivity index (χ3n) is 5.04. The molecule has 0 aliphatic carbocycles. The number of rotatable bonds is 3. The maximum Gasteiger partial charge on any atom is 0.347 e. The molecule has 0 bridgehead atoms. The van der Waals surface area contributed by atoms with E-state index in [1.54, 1.807) is 24.4 Å². The molecule has 1 aliphatic rings. The van der Waals surface area contributed by atoms with E-state index < -0.39 is 6.03 Å². The van der Waals surface area contributed by atoms with Crippen LogP contribution < -0.4 is 10.2 Å². The molecule has 29 heavy (non-hydrogen) atoms. The van der Waals surface area contributed by atoms with Crippen LogP contribution in [0.1, 0.15) is 0 Å². The van der Waals surface area contributed by atoms with Crippen LogP contribution in [0.2, 0.25) is 10.0 Å². The number of likely N-dealkylation sites (N-methyl/N-ethyl adjacent to an activating group) is 1. The molecule has 2 aromatic carbocycles. The smallest absolute Gasteiger partial charge is 0.347 e. The summed E-state index contributed by atoms with van der Waals surface area (Å²) < 4.78 is 1.33. The van der Waals surface area contributed by atoms with Gasteiger partial charge in [-0.05, 0) is 43.4 Å². The minimum Gasteiger partial charge on any atom is -0.369 e. The van der Waals surface area contributed by atoms with Gasteiger partial charge < -0.3 is 15.1 Å². The Bertz CT molecular complexity index is 1010. The van der Waals surface area contributed by atoms with Crippen LogP contribution in [0.3, 0.4) is 0 Å². The highest BCUT2D eigenvalue weighted by molar-refractivity contribution is 6.36. The van der Waals surface area contributed by atoms with Gasteiger partial charge in [-0.25, -0.2) is 4.79 Å². The first-order valence-corrected chi connectivity index (χ1v) is 10.1. The molecule has 0 unspecified atom stereocenters. The van der Waals surface area contributed by atoms with Gasteiger partial charge in [-0.3, -0.25) is 0 Å². The highest BCUT2D eigenvalue weighted by atomic mass is 35.5. The zero-order chi connectivity index (χ0) is 20.4. The lowest BCUT2D eigenvalue weighted by molar-refractivity contribution is 0.251. The molecule has 8 heteroatoms. The van der Waals surface area contributed by atoms with Crippen molar-refractivity contribution in [3.63, 3.8) is 0 Å². The maximum absolute atomic E-state index is 12.7. The third kappa shape index (κ3) is 4.40. The summed E-state index contributed by atoms with van der Waals surface area (Å²) in [7, 11) is 2.14. The van der Waals surface area contributed by atoms with Crippen molar-refractivity contribution in [2.45, 2.75) is 0 Å². The monoisotopic (exact) mass is 429 g/mol. The first-order chi connectivity index (χ1) is 14.0.